The normalized spacial score (nSPS) is 11.5. The number of rotatable bonds is 7. The van der Waals surface area contributed by atoms with Crippen LogP contribution >= 0.6 is 0 Å². The van der Waals surface area contributed by atoms with Crippen molar-refractivity contribution in [3.63, 3.8) is 0 Å². The Bertz CT molecular complexity index is 3180. The number of oxazole rings is 1. The van der Waals surface area contributed by atoms with E-state index < -0.39 is 0 Å². The minimum Gasteiger partial charge on any atom is -0.456 e. The predicted octanol–water partition coefficient (Wildman–Crippen LogP) is 15.0. The Morgan fingerprint density at radius 1 is 0.316 bits per heavy atom. The summed E-state index contributed by atoms with van der Waals surface area (Å²) < 4.78 is 12.8. The van der Waals surface area contributed by atoms with Gasteiger partial charge in [0.1, 0.15) is 16.7 Å². The summed E-state index contributed by atoms with van der Waals surface area (Å²) in [5.74, 6) is 0.625. The average molecular weight is 731 g/mol. The number of furan rings is 1. The monoisotopic (exact) mass is 730 g/mol. The minimum absolute atomic E-state index is 0.625. The highest BCUT2D eigenvalue weighted by molar-refractivity contribution is 6.09. The van der Waals surface area contributed by atoms with E-state index in [0.717, 1.165) is 88.7 Å². The molecule has 0 bridgehead atoms. The number of benzene rings is 9. The third-order valence-electron chi connectivity index (χ3n) is 10.9. The lowest BCUT2D eigenvalue weighted by Crippen LogP contribution is -2.09. The molecule has 0 atom stereocenters. The molecule has 57 heavy (non-hydrogen) atoms. The van der Waals surface area contributed by atoms with Gasteiger partial charge in [0.05, 0.1) is 0 Å². The summed E-state index contributed by atoms with van der Waals surface area (Å²) in [5, 5.41) is 4.42. The van der Waals surface area contributed by atoms with Gasteiger partial charge in [-0.2, -0.15) is 0 Å². The zero-order chi connectivity index (χ0) is 37.7. The first-order valence-electron chi connectivity index (χ1n) is 19.2. The first-order chi connectivity index (χ1) is 28.2. The molecule has 11 rings (SSSR count). The topological polar surface area (TPSA) is 42.4 Å². The van der Waals surface area contributed by atoms with Crippen LogP contribution in [0.3, 0.4) is 0 Å². The van der Waals surface area contributed by atoms with Crippen LogP contribution in [0.2, 0.25) is 0 Å². The minimum atomic E-state index is 0.625. The van der Waals surface area contributed by atoms with E-state index in [9.17, 15) is 0 Å². The average Bonchev–Trinajstić information content (AvgIpc) is 3.88. The van der Waals surface area contributed by atoms with Crippen molar-refractivity contribution in [3.05, 3.63) is 206 Å². The quantitative estimate of drug-likeness (QED) is 0.164. The van der Waals surface area contributed by atoms with Crippen molar-refractivity contribution < 1.29 is 8.83 Å². The van der Waals surface area contributed by atoms with Crippen LogP contribution in [0.25, 0.3) is 88.6 Å². The molecular formula is C53H34N2O2. The molecule has 0 N–H and O–H groups in total. The molecule has 0 radical (unpaired) electrons. The molecule has 268 valence electrons. The van der Waals surface area contributed by atoms with Crippen LogP contribution in [-0.4, -0.2) is 4.98 Å². The molecular weight excluding hydrogens is 697 g/mol. The molecule has 4 heteroatoms. The van der Waals surface area contributed by atoms with Gasteiger partial charge in [-0.3, -0.25) is 0 Å². The van der Waals surface area contributed by atoms with Crippen LogP contribution in [0.15, 0.2) is 215 Å². The highest BCUT2D eigenvalue weighted by Gasteiger charge is 2.17. The molecule has 0 saturated heterocycles. The maximum atomic E-state index is 6.60. The number of para-hydroxylation sites is 3. The highest BCUT2D eigenvalue weighted by atomic mass is 16.3. The van der Waals surface area contributed by atoms with E-state index in [1.807, 2.05) is 24.3 Å². The third-order valence-corrected chi connectivity index (χ3v) is 10.9. The summed E-state index contributed by atoms with van der Waals surface area (Å²) in [6.07, 6.45) is 0. The standard InChI is InChI=1S/C53H34N2O2/c1-3-11-35(12-4-1)36-19-25-41(26-20-36)55(40-13-5-2-6-14-40)42-27-21-37(22-28-42)38-23-29-46-47-30-24-39(34-52(47)56-51(46)33-38)43-31-32-48(45-16-8-7-15-44(43)45)53-54-49-17-9-10-18-50(49)57-53/h1-34H. The second kappa shape index (κ2) is 13.6. The maximum absolute atomic E-state index is 6.60. The Balaban J connectivity index is 0.915. The van der Waals surface area contributed by atoms with Crippen molar-refractivity contribution in [1.82, 2.24) is 4.98 Å². The van der Waals surface area contributed by atoms with Crippen LogP contribution < -0.4 is 4.90 Å². The van der Waals surface area contributed by atoms with E-state index in [1.54, 1.807) is 0 Å². The molecule has 0 amide bonds. The lowest BCUT2D eigenvalue weighted by Gasteiger charge is -2.26. The fourth-order valence-corrected chi connectivity index (χ4v) is 8.11. The largest absolute Gasteiger partial charge is 0.456 e. The number of nitrogens with zero attached hydrogens (tertiary/aromatic N) is 2. The maximum Gasteiger partial charge on any atom is 0.227 e. The second-order valence-electron chi connectivity index (χ2n) is 14.3. The highest BCUT2D eigenvalue weighted by Crippen LogP contribution is 2.41. The Morgan fingerprint density at radius 2 is 0.807 bits per heavy atom. The summed E-state index contributed by atoms with van der Waals surface area (Å²) in [5.41, 5.74) is 14.5. The molecule has 2 aromatic heterocycles. The summed E-state index contributed by atoms with van der Waals surface area (Å²) in [4.78, 5) is 7.09. The molecule has 0 saturated carbocycles. The zero-order valence-electron chi connectivity index (χ0n) is 30.8. The fourth-order valence-electron chi connectivity index (χ4n) is 8.11. The van der Waals surface area contributed by atoms with Gasteiger partial charge in [-0.15, -0.1) is 0 Å². The van der Waals surface area contributed by atoms with Gasteiger partial charge in [-0.1, -0.05) is 127 Å². The van der Waals surface area contributed by atoms with Gasteiger partial charge in [0, 0.05) is 33.4 Å². The van der Waals surface area contributed by atoms with Crippen molar-refractivity contribution >= 4 is 60.9 Å². The van der Waals surface area contributed by atoms with E-state index in [2.05, 4.69) is 187 Å². The van der Waals surface area contributed by atoms with Crippen LogP contribution in [0, 0.1) is 0 Å². The van der Waals surface area contributed by atoms with Crippen molar-refractivity contribution in [1.29, 1.82) is 0 Å². The predicted molar refractivity (Wildman–Crippen MR) is 235 cm³/mol. The van der Waals surface area contributed by atoms with E-state index in [4.69, 9.17) is 13.8 Å². The van der Waals surface area contributed by atoms with E-state index in [1.165, 1.54) is 11.1 Å². The van der Waals surface area contributed by atoms with Crippen LogP contribution in [-0.2, 0) is 0 Å². The summed E-state index contributed by atoms with van der Waals surface area (Å²) in [6, 6.07) is 72.3. The van der Waals surface area contributed by atoms with Crippen molar-refractivity contribution in [2.75, 3.05) is 4.90 Å². The number of anilines is 3. The van der Waals surface area contributed by atoms with Crippen LogP contribution in [0.1, 0.15) is 0 Å². The third kappa shape index (κ3) is 5.83. The Morgan fingerprint density at radius 3 is 1.49 bits per heavy atom. The van der Waals surface area contributed by atoms with Gasteiger partial charge in [0.2, 0.25) is 5.89 Å². The van der Waals surface area contributed by atoms with Crippen LogP contribution in [0.5, 0.6) is 0 Å². The summed E-state index contributed by atoms with van der Waals surface area (Å²) in [6.45, 7) is 0. The molecule has 2 heterocycles. The Labute approximate surface area is 329 Å². The molecule has 0 spiro atoms. The Kier molecular flexibility index (Phi) is 7.78. The number of fused-ring (bicyclic) bond motifs is 5. The lowest BCUT2D eigenvalue weighted by atomic mass is 9.94. The molecule has 9 aromatic carbocycles. The van der Waals surface area contributed by atoms with Gasteiger partial charge in [-0.05, 0) is 123 Å². The number of aromatic nitrogens is 1. The van der Waals surface area contributed by atoms with Gasteiger partial charge in [-0.25, -0.2) is 4.98 Å². The van der Waals surface area contributed by atoms with Crippen molar-refractivity contribution in [2.24, 2.45) is 0 Å². The summed E-state index contributed by atoms with van der Waals surface area (Å²) >= 11 is 0. The van der Waals surface area contributed by atoms with Gasteiger partial charge in [0.15, 0.2) is 5.58 Å². The lowest BCUT2D eigenvalue weighted by molar-refractivity contribution is 0.620. The van der Waals surface area contributed by atoms with E-state index >= 15 is 0 Å². The van der Waals surface area contributed by atoms with Crippen molar-refractivity contribution in [3.8, 4) is 44.8 Å². The first kappa shape index (κ1) is 32.7. The molecule has 0 aliphatic carbocycles. The van der Waals surface area contributed by atoms with Crippen molar-refractivity contribution in [2.45, 2.75) is 0 Å². The molecule has 0 aliphatic rings. The molecule has 0 aliphatic heterocycles. The first-order valence-corrected chi connectivity index (χ1v) is 19.2. The molecule has 4 nitrogen and oxygen atoms in total. The Hall–Kier alpha value is -7.69. The number of hydrogen-bond donors (Lipinski definition) is 0. The van der Waals surface area contributed by atoms with Gasteiger partial charge < -0.3 is 13.7 Å². The van der Waals surface area contributed by atoms with Gasteiger partial charge >= 0.3 is 0 Å². The van der Waals surface area contributed by atoms with E-state index in [0.29, 0.717) is 5.89 Å². The summed E-state index contributed by atoms with van der Waals surface area (Å²) in [7, 11) is 0. The number of hydrogen-bond acceptors (Lipinski definition) is 4. The molecule has 0 unspecified atom stereocenters. The molecule has 11 aromatic rings. The zero-order valence-corrected chi connectivity index (χ0v) is 30.8. The fraction of sp³-hybridized carbons (Fsp3) is 0. The SMILES string of the molecule is c1ccc(-c2ccc(N(c3ccccc3)c3ccc(-c4ccc5c(c4)oc4cc(-c6ccc(-c7nc8ccccc8o7)c7ccccc67)ccc45)cc3)cc2)cc1. The van der Waals surface area contributed by atoms with Crippen LogP contribution in [0.4, 0.5) is 17.1 Å². The molecule has 0 fully saturated rings. The smallest absolute Gasteiger partial charge is 0.227 e. The van der Waals surface area contributed by atoms with E-state index in [-0.39, 0.29) is 0 Å². The second-order valence-corrected chi connectivity index (χ2v) is 14.3. The van der Waals surface area contributed by atoms with Gasteiger partial charge in [0.25, 0.3) is 0 Å².